The van der Waals surface area contributed by atoms with E-state index in [2.05, 4.69) is 10.3 Å². The number of nitrogens with one attached hydrogen (secondary N) is 1. The lowest BCUT2D eigenvalue weighted by Crippen LogP contribution is -2.33. The second kappa shape index (κ2) is 6.19. The van der Waals surface area contributed by atoms with Crippen LogP contribution in [0, 0.1) is 0 Å². The molecule has 8 heteroatoms. The molecule has 1 aromatic carbocycles. The van der Waals surface area contributed by atoms with Crippen molar-refractivity contribution < 1.29 is 4.79 Å². The van der Waals surface area contributed by atoms with Gasteiger partial charge < -0.3 is 9.88 Å². The fourth-order valence-electron chi connectivity index (χ4n) is 2.77. The number of aromatic nitrogens is 2. The molecule has 3 rings (SSSR count). The molecular weight excluding hydrogens is 357 g/mol. The standard InChI is InChI=1S/C15H13Cl2N3O2S/c1-20-13-12(14(22)19-15(20)23-2)9(6-11(21)18-13)8-4-3-7(16)5-10(8)17/h3-5,9H,6H2,1-2H3,(H,18,21)/t9-/m1/s1. The summed E-state index contributed by atoms with van der Waals surface area (Å²) >= 11 is 13.6. The number of halogens is 2. The SMILES string of the molecule is CSc1nc(=O)c2c(n1C)NC(=O)C[C@@H]2c1ccc(Cl)cc1Cl. The Morgan fingerprint density at radius 2 is 2.09 bits per heavy atom. The lowest BCUT2D eigenvalue weighted by molar-refractivity contribution is -0.116. The van der Waals surface area contributed by atoms with Crippen LogP contribution < -0.4 is 10.9 Å². The third-order valence-corrected chi connectivity index (χ3v) is 5.11. The summed E-state index contributed by atoms with van der Waals surface area (Å²) in [6, 6.07) is 5.06. The van der Waals surface area contributed by atoms with E-state index >= 15 is 0 Å². The Labute approximate surface area is 147 Å². The summed E-state index contributed by atoms with van der Waals surface area (Å²) in [6.45, 7) is 0. The minimum atomic E-state index is -0.439. The van der Waals surface area contributed by atoms with E-state index in [1.54, 1.807) is 29.8 Å². The molecule has 23 heavy (non-hydrogen) atoms. The van der Waals surface area contributed by atoms with Gasteiger partial charge in [-0.2, -0.15) is 4.98 Å². The quantitative estimate of drug-likeness (QED) is 0.651. The molecule has 0 fully saturated rings. The van der Waals surface area contributed by atoms with Crippen LogP contribution in [0.25, 0.3) is 0 Å². The van der Waals surface area contributed by atoms with Crippen LogP contribution >= 0.6 is 35.0 Å². The summed E-state index contributed by atoms with van der Waals surface area (Å²) in [6.07, 6.45) is 1.97. The third-order valence-electron chi connectivity index (χ3n) is 3.82. The third kappa shape index (κ3) is 2.86. The lowest BCUT2D eigenvalue weighted by atomic mass is 9.86. The zero-order valence-electron chi connectivity index (χ0n) is 12.4. The topological polar surface area (TPSA) is 64.0 Å². The van der Waals surface area contributed by atoms with E-state index in [9.17, 15) is 9.59 Å². The number of rotatable bonds is 2. The maximum Gasteiger partial charge on any atom is 0.279 e. The molecule has 120 valence electrons. The maximum atomic E-state index is 12.5. The van der Waals surface area contributed by atoms with Crippen molar-refractivity contribution in [3.8, 4) is 0 Å². The van der Waals surface area contributed by atoms with Gasteiger partial charge in [0.15, 0.2) is 5.16 Å². The second-order valence-electron chi connectivity index (χ2n) is 5.20. The maximum absolute atomic E-state index is 12.5. The molecule has 1 N–H and O–H groups in total. The van der Waals surface area contributed by atoms with E-state index in [1.807, 2.05) is 6.26 Å². The van der Waals surface area contributed by atoms with Gasteiger partial charge in [-0.1, -0.05) is 41.0 Å². The van der Waals surface area contributed by atoms with Gasteiger partial charge in [-0.05, 0) is 24.0 Å². The molecule has 1 atom stereocenters. The number of benzene rings is 1. The molecule has 1 aliphatic rings. The predicted octanol–water partition coefficient (Wildman–Crippen LogP) is 3.28. The molecule has 0 unspecified atom stereocenters. The van der Waals surface area contributed by atoms with Gasteiger partial charge in [0.2, 0.25) is 5.91 Å². The average Bonchev–Trinajstić information content (AvgIpc) is 2.50. The zero-order valence-corrected chi connectivity index (χ0v) is 14.7. The summed E-state index contributed by atoms with van der Waals surface area (Å²) in [4.78, 5) is 28.7. The largest absolute Gasteiger partial charge is 0.312 e. The van der Waals surface area contributed by atoms with Gasteiger partial charge in [0.25, 0.3) is 5.56 Å². The summed E-state index contributed by atoms with van der Waals surface area (Å²) in [7, 11) is 1.77. The molecule has 1 aromatic heterocycles. The Kier molecular flexibility index (Phi) is 4.40. The first-order valence-electron chi connectivity index (χ1n) is 6.82. The molecule has 0 saturated heterocycles. The molecule has 1 amide bonds. The molecule has 0 spiro atoms. The summed E-state index contributed by atoms with van der Waals surface area (Å²) in [5.41, 5.74) is 0.801. The number of fused-ring (bicyclic) bond motifs is 1. The van der Waals surface area contributed by atoms with Crippen molar-refractivity contribution in [2.24, 2.45) is 7.05 Å². The van der Waals surface area contributed by atoms with E-state index in [1.165, 1.54) is 11.8 Å². The van der Waals surface area contributed by atoms with Crippen LogP contribution in [0.5, 0.6) is 0 Å². The van der Waals surface area contributed by atoms with Crippen LogP contribution in [-0.4, -0.2) is 21.7 Å². The van der Waals surface area contributed by atoms with Gasteiger partial charge in [-0.25, -0.2) is 0 Å². The highest BCUT2D eigenvalue weighted by Gasteiger charge is 2.33. The van der Waals surface area contributed by atoms with Gasteiger partial charge in [0.1, 0.15) is 5.82 Å². The van der Waals surface area contributed by atoms with Crippen molar-refractivity contribution in [3.05, 3.63) is 49.7 Å². The molecule has 1 aliphatic heterocycles. The average molecular weight is 370 g/mol. The van der Waals surface area contributed by atoms with Crippen LogP contribution in [0.15, 0.2) is 28.2 Å². The first-order valence-corrected chi connectivity index (χ1v) is 8.80. The molecule has 2 heterocycles. The number of thioether (sulfide) groups is 1. The van der Waals surface area contributed by atoms with Gasteiger partial charge >= 0.3 is 0 Å². The summed E-state index contributed by atoms with van der Waals surface area (Å²) in [5.74, 6) is -0.131. The Morgan fingerprint density at radius 1 is 1.35 bits per heavy atom. The second-order valence-corrected chi connectivity index (χ2v) is 6.81. The van der Waals surface area contributed by atoms with Gasteiger partial charge in [-0.3, -0.25) is 9.59 Å². The summed E-state index contributed by atoms with van der Waals surface area (Å²) < 4.78 is 1.72. The van der Waals surface area contributed by atoms with Gasteiger partial charge in [-0.15, -0.1) is 0 Å². The first kappa shape index (κ1) is 16.4. The van der Waals surface area contributed by atoms with E-state index in [0.717, 1.165) is 0 Å². The highest BCUT2D eigenvalue weighted by Crippen LogP contribution is 2.39. The van der Waals surface area contributed by atoms with Crippen LogP contribution in [0.1, 0.15) is 23.5 Å². The van der Waals surface area contributed by atoms with Crippen molar-refractivity contribution in [3.63, 3.8) is 0 Å². The Balaban J connectivity index is 2.25. The molecule has 0 bridgehead atoms. The zero-order chi connectivity index (χ0) is 16.7. The fourth-order valence-corrected chi connectivity index (χ4v) is 3.85. The molecule has 5 nitrogen and oxygen atoms in total. The normalized spacial score (nSPS) is 16.9. The Morgan fingerprint density at radius 3 is 2.74 bits per heavy atom. The number of amides is 1. The number of hydrogen-bond donors (Lipinski definition) is 1. The molecule has 2 aromatic rings. The van der Waals surface area contributed by atoms with Crippen molar-refractivity contribution in [1.29, 1.82) is 0 Å². The number of carbonyl (C=O) groups is 1. The molecule has 0 saturated carbocycles. The predicted molar refractivity (Wildman–Crippen MR) is 92.8 cm³/mol. The highest BCUT2D eigenvalue weighted by molar-refractivity contribution is 7.98. The van der Waals surface area contributed by atoms with Crippen LogP contribution in [-0.2, 0) is 11.8 Å². The number of nitrogens with zero attached hydrogens (tertiary/aromatic N) is 2. The number of carbonyl (C=O) groups excluding carboxylic acids is 1. The molecule has 0 radical (unpaired) electrons. The Bertz CT molecular complexity index is 867. The van der Waals surface area contributed by atoms with Crippen LogP contribution in [0.3, 0.4) is 0 Å². The Hall–Kier alpha value is -1.50. The first-order chi connectivity index (χ1) is 10.9. The monoisotopic (exact) mass is 369 g/mol. The highest BCUT2D eigenvalue weighted by atomic mass is 35.5. The minimum Gasteiger partial charge on any atom is -0.312 e. The summed E-state index contributed by atoms with van der Waals surface area (Å²) in [5, 5.41) is 4.25. The smallest absolute Gasteiger partial charge is 0.279 e. The van der Waals surface area contributed by atoms with E-state index in [-0.39, 0.29) is 17.9 Å². The number of anilines is 1. The van der Waals surface area contributed by atoms with Crippen molar-refractivity contribution >= 4 is 46.7 Å². The van der Waals surface area contributed by atoms with Gasteiger partial charge in [0.05, 0.1) is 5.56 Å². The fraction of sp³-hybridized carbons (Fsp3) is 0.267. The van der Waals surface area contributed by atoms with Crippen molar-refractivity contribution in [2.75, 3.05) is 11.6 Å². The van der Waals surface area contributed by atoms with Crippen molar-refractivity contribution in [2.45, 2.75) is 17.5 Å². The van der Waals surface area contributed by atoms with E-state index < -0.39 is 5.92 Å². The lowest BCUT2D eigenvalue weighted by Gasteiger charge is -2.27. The minimum absolute atomic E-state index is 0.143. The molecule has 0 aliphatic carbocycles. The van der Waals surface area contributed by atoms with Crippen LogP contribution in [0.4, 0.5) is 5.82 Å². The van der Waals surface area contributed by atoms with E-state index in [4.69, 9.17) is 23.2 Å². The molecular formula is C15H13Cl2N3O2S. The van der Waals surface area contributed by atoms with E-state index in [0.29, 0.717) is 32.1 Å². The van der Waals surface area contributed by atoms with Crippen LogP contribution in [0.2, 0.25) is 10.0 Å². The van der Waals surface area contributed by atoms with Crippen molar-refractivity contribution in [1.82, 2.24) is 9.55 Å². The van der Waals surface area contributed by atoms with Gasteiger partial charge in [0, 0.05) is 29.4 Å². The number of hydrogen-bond acceptors (Lipinski definition) is 4.